The van der Waals surface area contributed by atoms with Gasteiger partial charge in [-0.3, -0.25) is 8.97 Å². The van der Waals surface area contributed by atoms with E-state index in [2.05, 4.69) is 112 Å². The second kappa shape index (κ2) is 7.27. The molecule has 0 saturated carbocycles. The van der Waals surface area contributed by atoms with Gasteiger partial charge in [0.1, 0.15) is 11.5 Å². The molecule has 8 rings (SSSR count). The lowest BCUT2D eigenvalue weighted by Crippen LogP contribution is -1.98. The molecule has 0 fully saturated rings. The summed E-state index contributed by atoms with van der Waals surface area (Å²) in [5.41, 5.74) is 8.47. The standard InChI is InChI=1S/C32H20N4/c1-2-10-22(11-3-1)35-29-16-8-5-13-26(29)33-31(35)21-18-19-23-24-12-4-7-15-28(24)36-30-17-9-6-14-27(30)34-32(36)25(23)20-21/h1-20H. The number of aromatic nitrogens is 4. The topological polar surface area (TPSA) is 35.1 Å². The lowest BCUT2D eigenvalue weighted by atomic mass is 10.0. The van der Waals surface area contributed by atoms with Crippen molar-refractivity contribution in [3.63, 3.8) is 0 Å². The lowest BCUT2D eigenvalue weighted by molar-refractivity contribution is 1.10. The molecule has 0 aliphatic carbocycles. The second-order valence-corrected chi connectivity index (χ2v) is 9.13. The molecule has 3 aromatic heterocycles. The van der Waals surface area contributed by atoms with Gasteiger partial charge in [0.2, 0.25) is 0 Å². The molecule has 0 saturated heterocycles. The van der Waals surface area contributed by atoms with E-state index in [1.807, 2.05) is 18.2 Å². The van der Waals surface area contributed by atoms with Crippen molar-refractivity contribution < 1.29 is 0 Å². The van der Waals surface area contributed by atoms with Crippen LogP contribution in [0.4, 0.5) is 0 Å². The third kappa shape index (κ3) is 2.64. The number of pyridine rings is 1. The van der Waals surface area contributed by atoms with E-state index >= 15 is 0 Å². The highest BCUT2D eigenvalue weighted by Gasteiger charge is 2.17. The van der Waals surface area contributed by atoms with E-state index in [9.17, 15) is 0 Å². The molecule has 0 unspecified atom stereocenters. The van der Waals surface area contributed by atoms with Gasteiger partial charge in [0.05, 0.1) is 27.6 Å². The largest absolute Gasteiger partial charge is 0.292 e. The van der Waals surface area contributed by atoms with Crippen molar-refractivity contribution in [1.82, 2.24) is 18.9 Å². The summed E-state index contributed by atoms with van der Waals surface area (Å²) in [4.78, 5) is 10.2. The van der Waals surface area contributed by atoms with Crippen LogP contribution in [-0.4, -0.2) is 18.9 Å². The van der Waals surface area contributed by atoms with Gasteiger partial charge in [-0.05, 0) is 53.9 Å². The molecule has 3 heterocycles. The van der Waals surface area contributed by atoms with E-state index in [-0.39, 0.29) is 0 Å². The number of fused-ring (bicyclic) bond motifs is 9. The van der Waals surface area contributed by atoms with Gasteiger partial charge in [0.25, 0.3) is 0 Å². The Morgan fingerprint density at radius 2 is 1.14 bits per heavy atom. The zero-order valence-electron chi connectivity index (χ0n) is 19.3. The van der Waals surface area contributed by atoms with Gasteiger partial charge in [-0.15, -0.1) is 0 Å². The molecule has 0 aliphatic heterocycles. The molecule has 0 amide bonds. The second-order valence-electron chi connectivity index (χ2n) is 9.13. The molecule has 0 atom stereocenters. The highest BCUT2D eigenvalue weighted by Crippen LogP contribution is 2.36. The molecule has 4 heteroatoms. The smallest absolute Gasteiger partial charge is 0.146 e. The van der Waals surface area contributed by atoms with E-state index in [0.29, 0.717) is 0 Å². The molecule has 0 N–H and O–H groups in total. The van der Waals surface area contributed by atoms with E-state index in [1.165, 1.54) is 10.8 Å². The maximum Gasteiger partial charge on any atom is 0.146 e. The van der Waals surface area contributed by atoms with Gasteiger partial charge in [0, 0.05) is 22.0 Å². The van der Waals surface area contributed by atoms with Crippen LogP contribution in [-0.2, 0) is 0 Å². The SMILES string of the molecule is c1ccc(-n2c(-c3ccc4c5ccccc5n5c6ccccc6nc5c4c3)nc3ccccc32)cc1. The minimum Gasteiger partial charge on any atom is -0.292 e. The van der Waals surface area contributed by atoms with Crippen molar-refractivity contribution in [1.29, 1.82) is 0 Å². The Morgan fingerprint density at radius 3 is 1.97 bits per heavy atom. The minimum absolute atomic E-state index is 0.923. The predicted molar refractivity (Wildman–Crippen MR) is 148 cm³/mol. The van der Waals surface area contributed by atoms with Crippen LogP contribution in [0.15, 0.2) is 121 Å². The molecule has 0 bridgehead atoms. The zero-order chi connectivity index (χ0) is 23.6. The molecular weight excluding hydrogens is 440 g/mol. The molecule has 0 aliphatic rings. The van der Waals surface area contributed by atoms with Crippen LogP contribution in [0.2, 0.25) is 0 Å². The molecule has 5 aromatic carbocycles. The van der Waals surface area contributed by atoms with Crippen LogP contribution in [0.25, 0.3) is 66.5 Å². The Kier molecular flexibility index (Phi) is 3.91. The molecule has 168 valence electrons. The van der Waals surface area contributed by atoms with Crippen LogP contribution >= 0.6 is 0 Å². The highest BCUT2D eigenvalue weighted by atomic mass is 15.1. The van der Waals surface area contributed by atoms with Crippen LogP contribution in [0.1, 0.15) is 0 Å². The van der Waals surface area contributed by atoms with Gasteiger partial charge in [-0.1, -0.05) is 72.8 Å². The average molecular weight is 461 g/mol. The fraction of sp³-hybridized carbons (Fsp3) is 0. The van der Waals surface area contributed by atoms with Gasteiger partial charge in [-0.2, -0.15) is 0 Å². The average Bonchev–Trinajstić information content (AvgIpc) is 3.53. The summed E-state index contributed by atoms with van der Waals surface area (Å²) < 4.78 is 4.54. The van der Waals surface area contributed by atoms with Crippen molar-refractivity contribution in [2.45, 2.75) is 0 Å². The first-order chi connectivity index (χ1) is 17.9. The lowest BCUT2D eigenvalue weighted by Gasteiger charge is -2.12. The fourth-order valence-electron chi connectivity index (χ4n) is 5.51. The Bertz CT molecular complexity index is 2100. The molecule has 8 aromatic rings. The Hall–Kier alpha value is -4.96. The van der Waals surface area contributed by atoms with E-state index in [1.54, 1.807) is 0 Å². The first kappa shape index (κ1) is 19.4. The van der Waals surface area contributed by atoms with Crippen molar-refractivity contribution in [3.05, 3.63) is 121 Å². The summed E-state index contributed by atoms with van der Waals surface area (Å²) in [6, 6.07) is 42.4. The molecule has 36 heavy (non-hydrogen) atoms. The number of hydrogen-bond acceptors (Lipinski definition) is 2. The van der Waals surface area contributed by atoms with Gasteiger partial charge < -0.3 is 0 Å². The van der Waals surface area contributed by atoms with Crippen LogP contribution < -0.4 is 0 Å². The number of benzene rings is 5. The molecule has 4 nitrogen and oxygen atoms in total. The number of imidazole rings is 2. The van der Waals surface area contributed by atoms with Gasteiger partial charge in [-0.25, -0.2) is 9.97 Å². The van der Waals surface area contributed by atoms with Crippen molar-refractivity contribution in [2.75, 3.05) is 0 Å². The van der Waals surface area contributed by atoms with Gasteiger partial charge in [0.15, 0.2) is 0 Å². The number of nitrogens with zero attached hydrogens (tertiary/aromatic N) is 4. The van der Waals surface area contributed by atoms with E-state index < -0.39 is 0 Å². The molecule has 0 spiro atoms. The maximum atomic E-state index is 5.09. The predicted octanol–water partition coefficient (Wildman–Crippen LogP) is 7.80. The Labute approximate surface area is 206 Å². The number of rotatable bonds is 2. The van der Waals surface area contributed by atoms with E-state index in [0.717, 1.165) is 55.7 Å². The normalized spacial score (nSPS) is 11.9. The van der Waals surface area contributed by atoms with E-state index in [4.69, 9.17) is 9.97 Å². The Balaban J connectivity index is 1.51. The summed E-state index contributed by atoms with van der Waals surface area (Å²) >= 11 is 0. The monoisotopic (exact) mass is 460 g/mol. The summed E-state index contributed by atoms with van der Waals surface area (Å²) in [7, 11) is 0. The van der Waals surface area contributed by atoms with Crippen molar-refractivity contribution in [3.8, 4) is 17.1 Å². The quantitative estimate of drug-likeness (QED) is 0.247. The van der Waals surface area contributed by atoms with Crippen molar-refractivity contribution in [2.24, 2.45) is 0 Å². The first-order valence-electron chi connectivity index (χ1n) is 12.1. The number of para-hydroxylation sites is 6. The molecular formula is C32H20N4. The van der Waals surface area contributed by atoms with Crippen LogP contribution in [0.5, 0.6) is 0 Å². The summed E-state index contributed by atoms with van der Waals surface area (Å²) in [6.07, 6.45) is 0. The molecule has 0 radical (unpaired) electrons. The Morgan fingerprint density at radius 1 is 0.472 bits per heavy atom. The maximum absolute atomic E-state index is 5.09. The number of hydrogen-bond donors (Lipinski definition) is 0. The highest BCUT2D eigenvalue weighted by molar-refractivity contribution is 6.14. The zero-order valence-corrected chi connectivity index (χ0v) is 19.3. The van der Waals surface area contributed by atoms with Gasteiger partial charge >= 0.3 is 0 Å². The summed E-state index contributed by atoms with van der Waals surface area (Å²) in [5.74, 6) is 0.923. The first-order valence-corrected chi connectivity index (χ1v) is 12.1. The van der Waals surface area contributed by atoms with Crippen LogP contribution in [0, 0.1) is 0 Å². The summed E-state index contributed by atoms with van der Waals surface area (Å²) in [5, 5.41) is 3.53. The van der Waals surface area contributed by atoms with Crippen LogP contribution in [0.3, 0.4) is 0 Å². The van der Waals surface area contributed by atoms with Crippen molar-refractivity contribution >= 4 is 49.4 Å². The third-order valence-corrected chi connectivity index (χ3v) is 7.09. The fourth-order valence-corrected chi connectivity index (χ4v) is 5.51. The minimum atomic E-state index is 0.923. The third-order valence-electron chi connectivity index (χ3n) is 7.09. The summed E-state index contributed by atoms with van der Waals surface area (Å²) in [6.45, 7) is 0.